The zero-order chi connectivity index (χ0) is 42.8. The minimum Gasteiger partial charge on any atom is -0.456 e. The van der Waals surface area contributed by atoms with E-state index in [4.69, 9.17) is 18.8 Å². The average molecular weight is 835 g/mol. The quantitative estimate of drug-likeness (QED) is 0.177. The highest BCUT2D eigenvalue weighted by Gasteiger charge is 2.26. The molecule has 9 aromatic carbocycles. The highest BCUT2D eigenvalue weighted by atomic mass is 16.3. The van der Waals surface area contributed by atoms with Crippen LogP contribution in [0.5, 0.6) is 0 Å². The third kappa shape index (κ3) is 5.34. The van der Waals surface area contributed by atoms with Gasteiger partial charge in [-0.1, -0.05) is 128 Å². The van der Waals surface area contributed by atoms with Crippen molar-refractivity contribution in [2.24, 2.45) is 15.9 Å². The van der Waals surface area contributed by atoms with E-state index in [0.717, 1.165) is 101 Å². The number of para-hydroxylation sites is 5. The van der Waals surface area contributed by atoms with Crippen LogP contribution in [-0.2, 0) is 0 Å². The van der Waals surface area contributed by atoms with E-state index in [1.165, 1.54) is 32.3 Å². The van der Waals surface area contributed by atoms with E-state index < -0.39 is 0 Å². The summed E-state index contributed by atoms with van der Waals surface area (Å²) in [7, 11) is 0. The third-order valence-corrected chi connectivity index (χ3v) is 13.6. The number of furan rings is 2. The molecule has 0 fully saturated rings. The molecule has 0 amide bonds. The first-order valence-electron chi connectivity index (χ1n) is 22.3. The van der Waals surface area contributed by atoms with Gasteiger partial charge in [-0.15, -0.1) is 0 Å². The second kappa shape index (κ2) is 13.8. The molecule has 14 rings (SSSR count). The number of aromatic nitrogens is 2. The monoisotopic (exact) mass is 834 g/mol. The van der Waals surface area contributed by atoms with Gasteiger partial charge in [-0.2, -0.15) is 0 Å². The number of hydrogen-bond acceptors (Lipinski definition) is 4. The molecule has 0 aliphatic carbocycles. The van der Waals surface area contributed by atoms with Crippen molar-refractivity contribution >= 4 is 116 Å². The van der Waals surface area contributed by atoms with Crippen LogP contribution in [-0.4, -0.2) is 20.7 Å². The van der Waals surface area contributed by atoms with Crippen molar-refractivity contribution in [2.45, 2.75) is 13.3 Å². The van der Waals surface area contributed by atoms with Gasteiger partial charge in [-0.05, 0) is 90.0 Å². The maximum atomic E-state index is 7.05. The van der Waals surface area contributed by atoms with Crippen molar-refractivity contribution in [3.8, 4) is 5.69 Å². The van der Waals surface area contributed by atoms with Crippen LogP contribution in [0.3, 0.4) is 0 Å². The van der Waals surface area contributed by atoms with E-state index in [1.807, 2.05) is 18.2 Å². The fourth-order valence-electron chi connectivity index (χ4n) is 10.6. The smallest absolute Gasteiger partial charge is 0.162 e. The Morgan fingerprint density at radius 1 is 0.462 bits per heavy atom. The molecule has 1 atom stereocenters. The molecule has 65 heavy (non-hydrogen) atoms. The number of benzene rings is 9. The van der Waals surface area contributed by atoms with Gasteiger partial charge in [0.05, 0.1) is 33.5 Å². The number of aliphatic imine (C=N–C) groups is 2. The standard InChI is InChI=1S/C59H38N4O2/c1-35-26-31-55(63-48-22-10-4-16-39(48)40-17-5-11-23-49(40)63)60-59(61-57(35)38-27-28-43-42-19-7-12-24-52(42)64-54(43)34-38)45-29-30-50(58-56(45)44-20-8-13-25-53(44)65-58)62-47-21-9-6-18-41(47)46-32-36-14-2-3-15-37(36)33-51(46)62/h2-25,27-35H,26H2,1H3/b55-31-,60-59-,61-57+. The molecule has 6 nitrogen and oxygen atoms in total. The predicted molar refractivity (Wildman–Crippen MR) is 270 cm³/mol. The van der Waals surface area contributed by atoms with Crippen LogP contribution in [0.1, 0.15) is 24.5 Å². The van der Waals surface area contributed by atoms with Gasteiger partial charge in [0.1, 0.15) is 22.6 Å². The van der Waals surface area contributed by atoms with Crippen molar-refractivity contribution in [3.05, 3.63) is 205 Å². The van der Waals surface area contributed by atoms with Gasteiger partial charge in [0.2, 0.25) is 0 Å². The molecule has 5 heterocycles. The summed E-state index contributed by atoms with van der Waals surface area (Å²) in [4.78, 5) is 11.4. The van der Waals surface area contributed by atoms with E-state index in [9.17, 15) is 0 Å². The van der Waals surface area contributed by atoms with Crippen LogP contribution in [0, 0.1) is 5.92 Å². The number of hydrogen-bond donors (Lipinski definition) is 0. The first kappa shape index (κ1) is 36.0. The Morgan fingerprint density at radius 3 is 1.78 bits per heavy atom. The topological polar surface area (TPSA) is 60.9 Å². The average Bonchev–Trinajstić information content (AvgIpc) is 4.10. The Hall–Kier alpha value is -8.48. The van der Waals surface area contributed by atoms with Crippen molar-refractivity contribution < 1.29 is 8.83 Å². The predicted octanol–water partition coefficient (Wildman–Crippen LogP) is 15.6. The van der Waals surface area contributed by atoms with E-state index in [-0.39, 0.29) is 5.92 Å². The fraction of sp³-hybridized carbons (Fsp3) is 0.0508. The summed E-state index contributed by atoms with van der Waals surface area (Å²) in [5, 5.41) is 11.3. The SMILES string of the molecule is CC1C/C=C(n2c3ccccc3c3ccccc32)/N=C(c2ccc(-n3c4ccccc4c4cc5ccccc5cc43)c3oc4ccccc4c23)\N=C/1c1ccc2c(c1)oc1ccccc12. The lowest BCUT2D eigenvalue weighted by molar-refractivity contribution is 0.666. The maximum absolute atomic E-state index is 7.05. The molecule has 0 saturated heterocycles. The minimum absolute atomic E-state index is 0.0358. The first-order valence-corrected chi connectivity index (χ1v) is 22.3. The lowest BCUT2D eigenvalue weighted by Crippen LogP contribution is -2.18. The maximum Gasteiger partial charge on any atom is 0.162 e. The molecule has 0 bridgehead atoms. The van der Waals surface area contributed by atoms with E-state index in [2.05, 4.69) is 192 Å². The Kier molecular flexibility index (Phi) is 7.63. The first-order chi connectivity index (χ1) is 32.1. The molecule has 1 unspecified atom stereocenters. The highest BCUT2D eigenvalue weighted by molar-refractivity contribution is 6.25. The van der Waals surface area contributed by atoms with Gasteiger partial charge < -0.3 is 13.4 Å². The molecule has 1 aliphatic heterocycles. The zero-order valence-corrected chi connectivity index (χ0v) is 35.4. The Balaban J connectivity index is 1.06. The van der Waals surface area contributed by atoms with Crippen LogP contribution in [0.4, 0.5) is 0 Å². The van der Waals surface area contributed by atoms with Gasteiger partial charge >= 0.3 is 0 Å². The lowest BCUT2D eigenvalue weighted by atomic mass is 9.93. The summed E-state index contributed by atoms with van der Waals surface area (Å²) in [5.74, 6) is 1.48. The van der Waals surface area contributed by atoms with E-state index in [1.54, 1.807) is 0 Å². The minimum atomic E-state index is 0.0358. The molecule has 13 aromatic rings. The molecule has 0 radical (unpaired) electrons. The summed E-state index contributed by atoms with van der Waals surface area (Å²) in [6.45, 7) is 2.27. The summed E-state index contributed by atoms with van der Waals surface area (Å²) in [6, 6.07) is 66.6. The van der Waals surface area contributed by atoms with Crippen LogP contribution < -0.4 is 0 Å². The molecular weight excluding hydrogens is 797 g/mol. The van der Waals surface area contributed by atoms with Crippen LogP contribution >= 0.6 is 0 Å². The van der Waals surface area contributed by atoms with Gasteiger partial charge in [0.25, 0.3) is 0 Å². The van der Waals surface area contributed by atoms with Gasteiger partial charge in [0, 0.05) is 60.1 Å². The number of allylic oxidation sites excluding steroid dienone is 1. The molecular formula is C59H38N4O2. The Morgan fingerprint density at radius 2 is 1.05 bits per heavy atom. The number of fused-ring (bicyclic) bond motifs is 13. The van der Waals surface area contributed by atoms with Crippen molar-refractivity contribution in [2.75, 3.05) is 0 Å². The van der Waals surface area contributed by atoms with Crippen LogP contribution in [0.2, 0.25) is 0 Å². The summed E-state index contributed by atoms with van der Waals surface area (Å²) < 4.78 is 18.2. The van der Waals surface area contributed by atoms with Gasteiger partial charge in [-0.3, -0.25) is 4.57 Å². The molecule has 0 saturated carbocycles. The highest BCUT2D eigenvalue weighted by Crippen LogP contribution is 2.42. The summed E-state index contributed by atoms with van der Waals surface area (Å²) >= 11 is 0. The largest absolute Gasteiger partial charge is 0.456 e. The van der Waals surface area contributed by atoms with Crippen LogP contribution in [0.25, 0.3) is 110 Å². The molecule has 1 aliphatic rings. The molecule has 4 aromatic heterocycles. The third-order valence-electron chi connectivity index (χ3n) is 13.6. The zero-order valence-electron chi connectivity index (χ0n) is 35.4. The van der Waals surface area contributed by atoms with E-state index in [0.29, 0.717) is 5.84 Å². The fourth-order valence-corrected chi connectivity index (χ4v) is 10.6. The van der Waals surface area contributed by atoms with Crippen molar-refractivity contribution in [1.82, 2.24) is 9.13 Å². The molecule has 6 heteroatoms. The molecule has 0 N–H and O–H groups in total. The molecule has 306 valence electrons. The Bertz CT molecular complexity index is 4190. The Labute approximate surface area is 372 Å². The second-order valence-electron chi connectivity index (χ2n) is 17.3. The van der Waals surface area contributed by atoms with Crippen LogP contribution in [0.15, 0.2) is 213 Å². The number of amidine groups is 1. The second-order valence-corrected chi connectivity index (χ2v) is 17.3. The lowest BCUT2D eigenvalue weighted by Gasteiger charge is -2.20. The van der Waals surface area contributed by atoms with Gasteiger partial charge in [0.15, 0.2) is 11.4 Å². The van der Waals surface area contributed by atoms with Gasteiger partial charge in [-0.25, -0.2) is 9.98 Å². The number of rotatable bonds is 4. The normalized spacial score (nSPS) is 17.3. The van der Waals surface area contributed by atoms with Crippen molar-refractivity contribution in [3.63, 3.8) is 0 Å². The summed E-state index contributed by atoms with van der Waals surface area (Å²) in [6.07, 6.45) is 3.02. The summed E-state index contributed by atoms with van der Waals surface area (Å²) in [5.41, 5.74) is 11.5. The molecule has 0 spiro atoms. The number of nitrogens with zero attached hydrogens (tertiary/aromatic N) is 4. The van der Waals surface area contributed by atoms with Crippen molar-refractivity contribution in [1.29, 1.82) is 0 Å². The van der Waals surface area contributed by atoms with E-state index >= 15 is 0 Å².